The van der Waals surface area contributed by atoms with Crippen molar-refractivity contribution >= 4 is 35.2 Å². The van der Waals surface area contributed by atoms with Crippen molar-refractivity contribution in [1.82, 2.24) is 25.6 Å². The molecule has 10 heteroatoms. The number of aromatic nitrogens is 3. The van der Waals surface area contributed by atoms with Gasteiger partial charge in [0, 0.05) is 17.1 Å². The second-order valence-corrected chi connectivity index (χ2v) is 7.27. The van der Waals surface area contributed by atoms with Gasteiger partial charge in [0.1, 0.15) is 5.76 Å². The number of hydrogen-bond donors (Lipinski definition) is 2. The van der Waals surface area contributed by atoms with Gasteiger partial charge < -0.3 is 4.42 Å². The summed E-state index contributed by atoms with van der Waals surface area (Å²) >= 11 is 6.99. The van der Waals surface area contributed by atoms with Crippen molar-refractivity contribution < 1.29 is 14.0 Å². The number of thioether (sulfide) groups is 1. The molecule has 2 N–H and O–H groups in total. The van der Waals surface area contributed by atoms with Crippen molar-refractivity contribution in [3.05, 3.63) is 65.6 Å². The standard InChI is InChI=1S/C19H18ClN5O3S/c1-3-9-25-17(15-8-10-28-12(15)2)22-24-19(25)29-11-16(26)21-23-18(27)13-4-6-14(20)7-5-13/h3-8,10H,1,9,11H2,2H3,(H,21,26)(H,23,27). The predicted molar refractivity (Wildman–Crippen MR) is 110 cm³/mol. The van der Waals surface area contributed by atoms with Crippen LogP contribution < -0.4 is 10.9 Å². The summed E-state index contributed by atoms with van der Waals surface area (Å²) in [6.45, 7) is 6.07. The molecule has 0 aliphatic heterocycles. The number of rotatable bonds is 7. The van der Waals surface area contributed by atoms with Crippen LogP contribution in [0.15, 0.2) is 58.8 Å². The average Bonchev–Trinajstić information content (AvgIpc) is 3.31. The second kappa shape index (κ2) is 9.44. The van der Waals surface area contributed by atoms with E-state index in [2.05, 4.69) is 27.6 Å². The molecule has 8 nitrogen and oxygen atoms in total. The van der Waals surface area contributed by atoms with E-state index in [0.717, 1.165) is 11.3 Å². The molecule has 2 amide bonds. The topological polar surface area (TPSA) is 102 Å². The van der Waals surface area contributed by atoms with Crippen LogP contribution in [-0.4, -0.2) is 32.3 Å². The number of furan rings is 1. The molecule has 0 fully saturated rings. The second-order valence-electron chi connectivity index (χ2n) is 5.89. The quantitative estimate of drug-likeness (QED) is 0.338. The van der Waals surface area contributed by atoms with Crippen molar-refractivity contribution in [3.63, 3.8) is 0 Å². The van der Waals surface area contributed by atoms with E-state index in [-0.39, 0.29) is 11.7 Å². The maximum absolute atomic E-state index is 12.1. The van der Waals surface area contributed by atoms with E-state index in [1.54, 1.807) is 36.6 Å². The minimum absolute atomic E-state index is 0.0422. The van der Waals surface area contributed by atoms with E-state index < -0.39 is 5.91 Å². The van der Waals surface area contributed by atoms with E-state index >= 15 is 0 Å². The Morgan fingerprint density at radius 3 is 2.66 bits per heavy atom. The smallest absolute Gasteiger partial charge is 0.269 e. The van der Waals surface area contributed by atoms with Crippen molar-refractivity contribution in [2.75, 3.05) is 5.75 Å². The highest BCUT2D eigenvalue weighted by atomic mass is 35.5. The highest BCUT2D eigenvalue weighted by Crippen LogP contribution is 2.26. The summed E-state index contributed by atoms with van der Waals surface area (Å²) in [6.07, 6.45) is 3.31. The monoisotopic (exact) mass is 431 g/mol. The van der Waals surface area contributed by atoms with Gasteiger partial charge in [-0.3, -0.25) is 25.0 Å². The van der Waals surface area contributed by atoms with Gasteiger partial charge in [0.15, 0.2) is 11.0 Å². The third-order valence-corrected chi connectivity index (χ3v) is 5.10. The molecule has 2 heterocycles. The van der Waals surface area contributed by atoms with Crippen LogP contribution in [0.3, 0.4) is 0 Å². The molecule has 1 aromatic carbocycles. The molecule has 0 unspecified atom stereocenters. The number of hydrazine groups is 1. The Kier molecular flexibility index (Phi) is 6.73. The molecular formula is C19H18ClN5O3S. The molecule has 0 saturated heterocycles. The first-order valence-electron chi connectivity index (χ1n) is 8.55. The number of carbonyl (C=O) groups excluding carboxylic acids is 2. The van der Waals surface area contributed by atoms with Gasteiger partial charge in [-0.05, 0) is 37.3 Å². The summed E-state index contributed by atoms with van der Waals surface area (Å²) in [7, 11) is 0. The maximum Gasteiger partial charge on any atom is 0.269 e. The van der Waals surface area contributed by atoms with Gasteiger partial charge >= 0.3 is 0 Å². The summed E-state index contributed by atoms with van der Waals surface area (Å²) < 4.78 is 7.17. The summed E-state index contributed by atoms with van der Waals surface area (Å²) in [6, 6.07) is 8.14. The molecular weight excluding hydrogens is 414 g/mol. The molecule has 0 spiro atoms. The van der Waals surface area contributed by atoms with Crippen LogP contribution in [0.5, 0.6) is 0 Å². The van der Waals surface area contributed by atoms with Crippen LogP contribution in [0, 0.1) is 6.92 Å². The van der Waals surface area contributed by atoms with E-state index in [9.17, 15) is 9.59 Å². The Morgan fingerprint density at radius 1 is 1.24 bits per heavy atom. The third-order valence-electron chi connectivity index (χ3n) is 3.88. The lowest BCUT2D eigenvalue weighted by Gasteiger charge is -2.09. The zero-order valence-electron chi connectivity index (χ0n) is 15.5. The Labute approximate surface area is 176 Å². The van der Waals surface area contributed by atoms with E-state index in [0.29, 0.717) is 28.1 Å². The van der Waals surface area contributed by atoms with Crippen LogP contribution in [0.1, 0.15) is 16.1 Å². The fraction of sp³-hybridized carbons (Fsp3) is 0.158. The van der Waals surface area contributed by atoms with Crippen LogP contribution in [0.25, 0.3) is 11.4 Å². The summed E-state index contributed by atoms with van der Waals surface area (Å²) in [4.78, 5) is 24.1. The number of amides is 2. The number of nitrogens with zero attached hydrogens (tertiary/aromatic N) is 3. The lowest BCUT2D eigenvalue weighted by Crippen LogP contribution is -2.42. The SMILES string of the molecule is C=CCn1c(SCC(=O)NNC(=O)c2ccc(Cl)cc2)nnc1-c1ccoc1C. The maximum atomic E-state index is 12.1. The number of halogens is 1. The molecule has 0 aliphatic rings. The normalized spacial score (nSPS) is 10.6. The van der Waals surface area contributed by atoms with Gasteiger partial charge in [-0.2, -0.15) is 0 Å². The van der Waals surface area contributed by atoms with Gasteiger partial charge in [-0.15, -0.1) is 16.8 Å². The molecule has 0 radical (unpaired) electrons. The van der Waals surface area contributed by atoms with Gasteiger partial charge in [0.05, 0.1) is 17.6 Å². The molecule has 0 saturated carbocycles. The summed E-state index contributed by atoms with van der Waals surface area (Å²) in [5.41, 5.74) is 5.95. The number of benzene rings is 1. The van der Waals surface area contributed by atoms with E-state index in [4.69, 9.17) is 16.0 Å². The molecule has 0 aliphatic carbocycles. The lowest BCUT2D eigenvalue weighted by molar-refractivity contribution is -0.119. The Balaban J connectivity index is 1.59. The number of allylic oxidation sites excluding steroid dienone is 1. The largest absolute Gasteiger partial charge is 0.469 e. The predicted octanol–water partition coefficient (Wildman–Crippen LogP) is 3.24. The zero-order valence-corrected chi connectivity index (χ0v) is 17.1. The molecule has 0 atom stereocenters. The average molecular weight is 432 g/mol. The zero-order chi connectivity index (χ0) is 20.8. The van der Waals surface area contributed by atoms with Gasteiger partial charge in [0.2, 0.25) is 5.91 Å². The van der Waals surface area contributed by atoms with Gasteiger partial charge in [0.25, 0.3) is 5.91 Å². The number of nitrogens with one attached hydrogen (secondary N) is 2. The number of hydrogen-bond acceptors (Lipinski definition) is 6. The summed E-state index contributed by atoms with van der Waals surface area (Å²) in [5, 5.41) is 9.45. The minimum Gasteiger partial charge on any atom is -0.469 e. The van der Waals surface area contributed by atoms with Gasteiger partial charge in [-0.1, -0.05) is 29.4 Å². The molecule has 3 aromatic rings. The minimum atomic E-state index is -0.437. The first kappa shape index (κ1) is 20.7. The molecule has 150 valence electrons. The molecule has 29 heavy (non-hydrogen) atoms. The summed E-state index contributed by atoms with van der Waals surface area (Å²) in [5.74, 6) is 0.580. The van der Waals surface area contributed by atoms with Crippen molar-refractivity contribution in [2.24, 2.45) is 0 Å². The highest BCUT2D eigenvalue weighted by Gasteiger charge is 2.17. The highest BCUT2D eigenvalue weighted by molar-refractivity contribution is 7.99. The molecule has 0 bridgehead atoms. The first-order valence-corrected chi connectivity index (χ1v) is 9.92. The first-order chi connectivity index (χ1) is 14.0. The third kappa shape index (κ3) is 5.07. The van der Waals surface area contributed by atoms with Crippen LogP contribution in [-0.2, 0) is 11.3 Å². The Hall–Kier alpha value is -3.04. The van der Waals surface area contributed by atoms with Crippen LogP contribution >= 0.6 is 23.4 Å². The van der Waals surface area contributed by atoms with Crippen molar-refractivity contribution in [3.8, 4) is 11.4 Å². The van der Waals surface area contributed by atoms with E-state index in [1.165, 1.54) is 11.8 Å². The van der Waals surface area contributed by atoms with Crippen LogP contribution in [0.2, 0.25) is 5.02 Å². The van der Waals surface area contributed by atoms with E-state index in [1.807, 2.05) is 17.6 Å². The number of aryl methyl sites for hydroxylation is 1. The molecule has 3 rings (SSSR count). The van der Waals surface area contributed by atoms with Crippen molar-refractivity contribution in [1.29, 1.82) is 0 Å². The fourth-order valence-electron chi connectivity index (χ4n) is 2.47. The lowest BCUT2D eigenvalue weighted by atomic mass is 10.2. The Morgan fingerprint density at radius 2 is 2.00 bits per heavy atom. The molecule has 2 aromatic heterocycles. The van der Waals surface area contributed by atoms with Crippen LogP contribution in [0.4, 0.5) is 0 Å². The fourth-order valence-corrected chi connectivity index (χ4v) is 3.35. The van der Waals surface area contributed by atoms with Gasteiger partial charge in [-0.25, -0.2) is 0 Å². The Bertz CT molecular complexity index is 1030. The van der Waals surface area contributed by atoms with Crippen molar-refractivity contribution in [2.45, 2.75) is 18.6 Å². The number of carbonyl (C=O) groups is 2.